The summed E-state index contributed by atoms with van der Waals surface area (Å²) in [5.41, 5.74) is 1.07. The molecule has 3 nitrogen and oxygen atoms in total. The van der Waals surface area contributed by atoms with Crippen LogP contribution < -0.4 is 0 Å². The lowest BCUT2D eigenvalue weighted by Gasteiger charge is -2.15. The standard InChI is InChI=1S/C11H12BrClO3/c12-5-9(14)11(16)8-3-1-7(2-4-8)10(15)6-13/h1-4,9,11,14,16H,5-6H2. The van der Waals surface area contributed by atoms with Gasteiger partial charge in [0, 0.05) is 10.9 Å². The third kappa shape index (κ3) is 3.28. The fourth-order valence-corrected chi connectivity index (χ4v) is 1.76. The van der Waals surface area contributed by atoms with E-state index in [-0.39, 0.29) is 17.0 Å². The van der Waals surface area contributed by atoms with Crippen LogP contribution in [0.5, 0.6) is 0 Å². The van der Waals surface area contributed by atoms with Gasteiger partial charge in [-0.15, -0.1) is 11.6 Å². The third-order valence-corrected chi connectivity index (χ3v) is 3.12. The molecule has 0 radical (unpaired) electrons. The van der Waals surface area contributed by atoms with Crippen LogP contribution in [-0.2, 0) is 0 Å². The van der Waals surface area contributed by atoms with Crippen LogP contribution in [0.1, 0.15) is 22.0 Å². The first kappa shape index (κ1) is 13.6. The highest BCUT2D eigenvalue weighted by atomic mass is 79.9. The lowest BCUT2D eigenvalue weighted by atomic mass is 10.0. The first-order valence-corrected chi connectivity index (χ1v) is 6.37. The molecule has 0 bridgehead atoms. The number of halogens is 2. The smallest absolute Gasteiger partial charge is 0.177 e. The Balaban J connectivity index is 2.82. The summed E-state index contributed by atoms with van der Waals surface area (Å²) in [7, 11) is 0. The highest BCUT2D eigenvalue weighted by Gasteiger charge is 2.17. The molecule has 0 aliphatic heterocycles. The number of benzene rings is 1. The van der Waals surface area contributed by atoms with E-state index in [9.17, 15) is 15.0 Å². The van der Waals surface area contributed by atoms with Crippen LogP contribution in [0.4, 0.5) is 0 Å². The fourth-order valence-electron chi connectivity index (χ4n) is 1.25. The minimum Gasteiger partial charge on any atom is -0.389 e. The topological polar surface area (TPSA) is 57.5 Å². The van der Waals surface area contributed by atoms with Gasteiger partial charge in [0.15, 0.2) is 5.78 Å². The molecular formula is C11H12BrClO3. The van der Waals surface area contributed by atoms with Crippen LogP contribution in [0.3, 0.4) is 0 Å². The summed E-state index contributed by atoms with van der Waals surface area (Å²) in [5, 5.41) is 19.4. The number of alkyl halides is 2. The van der Waals surface area contributed by atoms with Crippen molar-refractivity contribution in [2.75, 3.05) is 11.2 Å². The molecule has 1 aromatic rings. The van der Waals surface area contributed by atoms with Gasteiger partial charge in [0.05, 0.1) is 12.0 Å². The van der Waals surface area contributed by atoms with Crippen molar-refractivity contribution in [3.63, 3.8) is 0 Å². The van der Waals surface area contributed by atoms with E-state index in [1.165, 1.54) is 0 Å². The Hall–Kier alpha value is -0.420. The average Bonchev–Trinajstić information content (AvgIpc) is 2.36. The Kier molecular flexibility index (Phi) is 5.41. The van der Waals surface area contributed by atoms with Gasteiger partial charge in [-0.3, -0.25) is 4.79 Å². The van der Waals surface area contributed by atoms with E-state index in [1.54, 1.807) is 24.3 Å². The second-order valence-electron chi connectivity index (χ2n) is 3.35. The van der Waals surface area contributed by atoms with Gasteiger partial charge in [-0.25, -0.2) is 0 Å². The van der Waals surface area contributed by atoms with Crippen molar-refractivity contribution in [3.05, 3.63) is 35.4 Å². The quantitative estimate of drug-likeness (QED) is 0.645. The van der Waals surface area contributed by atoms with Crippen LogP contribution >= 0.6 is 27.5 Å². The Morgan fingerprint density at radius 1 is 1.31 bits per heavy atom. The van der Waals surface area contributed by atoms with E-state index in [4.69, 9.17) is 11.6 Å². The lowest BCUT2D eigenvalue weighted by Crippen LogP contribution is -2.19. The zero-order valence-corrected chi connectivity index (χ0v) is 10.8. The number of aliphatic hydroxyl groups is 2. The molecule has 1 aromatic carbocycles. The Labute approximate surface area is 107 Å². The molecule has 0 amide bonds. The SMILES string of the molecule is O=C(CCl)c1ccc(C(O)C(O)CBr)cc1. The maximum absolute atomic E-state index is 11.2. The highest BCUT2D eigenvalue weighted by molar-refractivity contribution is 9.09. The van der Waals surface area contributed by atoms with Crippen LogP contribution in [0.25, 0.3) is 0 Å². The molecule has 0 aromatic heterocycles. The van der Waals surface area contributed by atoms with Gasteiger partial charge in [0.25, 0.3) is 0 Å². The second kappa shape index (κ2) is 6.35. The molecule has 0 saturated heterocycles. The molecule has 88 valence electrons. The molecule has 2 N–H and O–H groups in total. The van der Waals surface area contributed by atoms with E-state index in [0.717, 1.165) is 0 Å². The van der Waals surface area contributed by atoms with Gasteiger partial charge in [-0.2, -0.15) is 0 Å². The molecule has 2 atom stereocenters. The monoisotopic (exact) mass is 306 g/mol. The average molecular weight is 308 g/mol. The molecule has 0 aliphatic rings. The number of carbonyl (C=O) groups excluding carboxylic acids is 1. The molecular weight excluding hydrogens is 295 g/mol. The minimum atomic E-state index is -0.959. The zero-order valence-electron chi connectivity index (χ0n) is 8.44. The van der Waals surface area contributed by atoms with Crippen LogP contribution in [0.15, 0.2) is 24.3 Å². The Bertz CT molecular complexity index is 353. The van der Waals surface area contributed by atoms with Gasteiger partial charge in [-0.1, -0.05) is 40.2 Å². The molecule has 16 heavy (non-hydrogen) atoms. The predicted molar refractivity (Wildman–Crippen MR) is 66.3 cm³/mol. The number of aliphatic hydroxyl groups excluding tert-OH is 2. The largest absolute Gasteiger partial charge is 0.389 e. The van der Waals surface area contributed by atoms with Crippen molar-refractivity contribution in [1.82, 2.24) is 0 Å². The Morgan fingerprint density at radius 3 is 2.31 bits per heavy atom. The van der Waals surface area contributed by atoms with E-state index >= 15 is 0 Å². The minimum absolute atomic E-state index is 0.0636. The van der Waals surface area contributed by atoms with Crippen molar-refractivity contribution >= 4 is 33.3 Å². The van der Waals surface area contributed by atoms with E-state index < -0.39 is 12.2 Å². The summed E-state index contributed by atoms with van der Waals surface area (Å²) in [5.74, 6) is -0.227. The van der Waals surface area contributed by atoms with Gasteiger partial charge < -0.3 is 10.2 Å². The number of rotatable bonds is 5. The number of hydrogen-bond acceptors (Lipinski definition) is 3. The maximum Gasteiger partial charge on any atom is 0.177 e. The normalized spacial score (nSPS) is 14.5. The number of ketones is 1. The molecule has 1 rings (SSSR count). The summed E-state index contributed by atoms with van der Waals surface area (Å²) in [4.78, 5) is 11.2. The van der Waals surface area contributed by atoms with Crippen LogP contribution in [0, 0.1) is 0 Å². The first-order chi connectivity index (χ1) is 7.60. The molecule has 0 heterocycles. The predicted octanol–water partition coefficient (Wildman–Crippen LogP) is 1.90. The molecule has 0 saturated carbocycles. The zero-order chi connectivity index (χ0) is 12.1. The van der Waals surface area contributed by atoms with E-state index in [1.807, 2.05) is 0 Å². The first-order valence-electron chi connectivity index (χ1n) is 4.71. The van der Waals surface area contributed by atoms with Crippen molar-refractivity contribution in [2.24, 2.45) is 0 Å². The van der Waals surface area contributed by atoms with Gasteiger partial charge in [-0.05, 0) is 5.56 Å². The molecule has 5 heteroatoms. The van der Waals surface area contributed by atoms with Crippen LogP contribution in [0.2, 0.25) is 0 Å². The highest BCUT2D eigenvalue weighted by Crippen LogP contribution is 2.19. The summed E-state index contributed by atoms with van der Waals surface area (Å²) < 4.78 is 0. The molecule has 0 fully saturated rings. The van der Waals surface area contributed by atoms with E-state index in [2.05, 4.69) is 15.9 Å². The fraction of sp³-hybridized carbons (Fsp3) is 0.364. The van der Waals surface area contributed by atoms with Crippen molar-refractivity contribution in [1.29, 1.82) is 0 Å². The molecule has 2 unspecified atom stereocenters. The van der Waals surface area contributed by atoms with E-state index in [0.29, 0.717) is 11.1 Å². The summed E-state index contributed by atoms with van der Waals surface area (Å²) in [6, 6.07) is 6.39. The van der Waals surface area contributed by atoms with Gasteiger partial charge in [0.2, 0.25) is 0 Å². The number of Topliss-reactive ketones (excluding diaryl/α,β-unsaturated/α-hetero) is 1. The molecule has 0 aliphatic carbocycles. The van der Waals surface area contributed by atoms with Crippen molar-refractivity contribution < 1.29 is 15.0 Å². The maximum atomic E-state index is 11.2. The van der Waals surface area contributed by atoms with Crippen molar-refractivity contribution in [2.45, 2.75) is 12.2 Å². The number of carbonyl (C=O) groups is 1. The third-order valence-electron chi connectivity index (χ3n) is 2.22. The number of hydrogen-bond donors (Lipinski definition) is 2. The van der Waals surface area contributed by atoms with Crippen molar-refractivity contribution in [3.8, 4) is 0 Å². The summed E-state index contributed by atoms with van der Waals surface area (Å²) in [6.45, 7) is 0. The van der Waals surface area contributed by atoms with Crippen LogP contribution in [-0.4, -0.2) is 33.3 Å². The Morgan fingerprint density at radius 2 is 1.88 bits per heavy atom. The molecule has 0 spiro atoms. The summed E-state index contributed by atoms with van der Waals surface area (Å²) >= 11 is 8.50. The second-order valence-corrected chi connectivity index (χ2v) is 4.26. The lowest BCUT2D eigenvalue weighted by molar-refractivity contribution is 0.0342. The summed E-state index contributed by atoms with van der Waals surface area (Å²) in [6.07, 6.45) is -1.82. The van der Waals surface area contributed by atoms with Gasteiger partial charge in [0.1, 0.15) is 6.10 Å². The van der Waals surface area contributed by atoms with Gasteiger partial charge >= 0.3 is 0 Å².